The van der Waals surface area contributed by atoms with Gasteiger partial charge in [0.2, 0.25) is 5.91 Å². The van der Waals surface area contributed by atoms with E-state index < -0.39 is 0 Å². The van der Waals surface area contributed by atoms with Gasteiger partial charge in [-0.3, -0.25) is 4.79 Å². The van der Waals surface area contributed by atoms with E-state index in [1.54, 1.807) is 14.2 Å². The summed E-state index contributed by atoms with van der Waals surface area (Å²) >= 11 is 1.45. The minimum absolute atomic E-state index is 0.0854. The number of anilines is 1. The molecule has 0 saturated heterocycles. The average molecular weight is 382 g/mol. The second-order valence-electron chi connectivity index (χ2n) is 5.97. The van der Waals surface area contributed by atoms with Crippen LogP contribution in [0.25, 0.3) is 11.3 Å². The molecule has 0 aliphatic heterocycles. The molecule has 0 atom stereocenters. The first-order valence-electron chi connectivity index (χ1n) is 8.68. The van der Waals surface area contributed by atoms with Gasteiger partial charge in [0.25, 0.3) is 0 Å². The van der Waals surface area contributed by atoms with Crippen molar-refractivity contribution < 1.29 is 14.3 Å². The fourth-order valence-electron chi connectivity index (χ4n) is 2.70. The number of benzene rings is 2. The SMILES string of the molecule is CCc1ccc(NC(=O)Cc2nc(-c3cc(OC)ccc3OC)cs2)cc1. The summed E-state index contributed by atoms with van der Waals surface area (Å²) in [7, 11) is 3.24. The molecular formula is C21H22N2O3S. The van der Waals surface area contributed by atoms with Crippen molar-refractivity contribution in [3.05, 3.63) is 58.4 Å². The maximum absolute atomic E-state index is 12.3. The van der Waals surface area contributed by atoms with Gasteiger partial charge >= 0.3 is 0 Å². The fourth-order valence-corrected chi connectivity index (χ4v) is 3.49. The van der Waals surface area contributed by atoms with Gasteiger partial charge in [-0.25, -0.2) is 4.98 Å². The summed E-state index contributed by atoms with van der Waals surface area (Å²) in [6, 6.07) is 13.5. The largest absolute Gasteiger partial charge is 0.497 e. The number of methoxy groups -OCH3 is 2. The lowest BCUT2D eigenvalue weighted by molar-refractivity contribution is -0.115. The smallest absolute Gasteiger partial charge is 0.231 e. The Morgan fingerprint density at radius 2 is 1.89 bits per heavy atom. The van der Waals surface area contributed by atoms with Gasteiger partial charge in [0, 0.05) is 16.6 Å². The molecule has 5 nitrogen and oxygen atoms in total. The number of hydrogen-bond donors (Lipinski definition) is 1. The van der Waals surface area contributed by atoms with Crippen LogP contribution in [0.3, 0.4) is 0 Å². The molecule has 140 valence electrons. The summed E-state index contributed by atoms with van der Waals surface area (Å²) in [5.41, 5.74) is 3.65. The Bertz CT molecular complexity index is 919. The van der Waals surface area contributed by atoms with Crippen LogP contribution in [0.2, 0.25) is 0 Å². The van der Waals surface area contributed by atoms with Gasteiger partial charge in [-0.05, 0) is 42.3 Å². The zero-order valence-corrected chi connectivity index (χ0v) is 16.4. The number of ether oxygens (including phenoxy) is 2. The van der Waals surface area contributed by atoms with Crippen molar-refractivity contribution in [2.75, 3.05) is 19.5 Å². The number of nitrogens with one attached hydrogen (secondary N) is 1. The van der Waals surface area contributed by atoms with Crippen molar-refractivity contribution in [2.45, 2.75) is 19.8 Å². The lowest BCUT2D eigenvalue weighted by Crippen LogP contribution is -2.14. The lowest BCUT2D eigenvalue weighted by Gasteiger charge is -2.08. The van der Waals surface area contributed by atoms with Gasteiger partial charge < -0.3 is 14.8 Å². The topological polar surface area (TPSA) is 60.5 Å². The summed E-state index contributed by atoms with van der Waals surface area (Å²) in [4.78, 5) is 16.9. The van der Waals surface area contributed by atoms with E-state index in [0.717, 1.165) is 34.1 Å². The van der Waals surface area contributed by atoms with Crippen LogP contribution < -0.4 is 14.8 Å². The Morgan fingerprint density at radius 3 is 2.56 bits per heavy atom. The van der Waals surface area contributed by atoms with Crippen LogP contribution in [-0.2, 0) is 17.6 Å². The highest BCUT2D eigenvalue weighted by Gasteiger charge is 2.13. The molecule has 0 fully saturated rings. The Labute approximate surface area is 163 Å². The van der Waals surface area contributed by atoms with Gasteiger partial charge in [0.15, 0.2) is 0 Å². The van der Waals surface area contributed by atoms with E-state index in [2.05, 4.69) is 17.2 Å². The summed E-state index contributed by atoms with van der Waals surface area (Å²) < 4.78 is 10.7. The molecular weight excluding hydrogens is 360 g/mol. The Morgan fingerprint density at radius 1 is 1.11 bits per heavy atom. The van der Waals surface area contributed by atoms with Crippen molar-refractivity contribution in [3.63, 3.8) is 0 Å². The molecule has 1 heterocycles. The molecule has 0 aliphatic carbocycles. The van der Waals surface area contributed by atoms with E-state index in [-0.39, 0.29) is 12.3 Å². The average Bonchev–Trinajstić information content (AvgIpc) is 3.16. The number of rotatable bonds is 7. The van der Waals surface area contributed by atoms with Gasteiger partial charge in [-0.15, -0.1) is 11.3 Å². The predicted octanol–water partition coefficient (Wildman–Crippen LogP) is 4.57. The van der Waals surface area contributed by atoms with Crippen LogP contribution in [0.1, 0.15) is 17.5 Å². The molecule has 3 aromatic rings. The summed E-state index contributed by atoms with van der Waals surface area (Å²) in [5, 5.41) is 5.59. The maximum Gasteiger partial charge on any atom is 0.231 e. The molecule has 0 spiro atoms. The van der Waals surface area contributed by atoms with Crippen molar-refractivity contribution in [2.24, 2.45) is 0 Å². The Hall–Kier alpha value is -2.86. The molecule has 0 unspecified atom stereocenters. The van der Waals surface area contributed by atoms with Crippen LogP contribution in [0, 0.1) is 0 Å². The van der Waals surface area contributed by atoms with Crippen molar-refractivity contribution >= 4 is 22.9 Å². The number of thiazole rings is 1. The molecule has 1 N–H and O–H groups in total. The minimum atomic E-state index is -0.0854. The zero-order chi connectivity index (χ0) is 19.2. The number of carbonyl (C=O) groups is 1. The maximum atomic E-state index is 12.3. The van der Waals surface area contributed by atoms with Gasteiger partial charge in [0.1, 0.15) is 16.5 Å². The van der Waals surface area contributed by atoms with E-state index in [4.69, 9.17) is 9.47 Å². The third-order valence-electron chi connectivity index (χ3n) is 4.19. The van der Waals surface area contributed by atoms with Crippen molar-refractivity contribution in [3.8, 4) is 22.8 Å². The van der Waals surface area contributed by atoms with Crippen LogP contribution >= 0.6 is 11.3 Å². The Kier molecular flexibility index (Phi) is 6.08. The molecule has 6 heteroatoms. The monoisotopic (exact) mass is 382 g/mol. The second kappa shape index (κ2) is 8.68. The Balaban J connectivity index is 1.71. The first kappa shape index (κ1) is 18.9. The number of amides is 1. The quantitative estimate of drug-likeness (QED) is 0.650. The number of nitrogens with zero attached hydrogens (tertiary/aromatic N) is 1. The highest BCUT2D eigenvalue weighted by molar-refractivity contribution is 7.10. The van der Waals surface area contributed by atoms with E-state index >= 15 is 0 Å². The molecule has 0 radical (unpaired) electrons. The standard InChI is InChI=1S/C21H22N2O3S/c1-4-14-5-7-15(8-6-14)22-20(24)12-21-23-18(13-27-21)17-11-16(25-2)9-10-19(17)26-3/h5-11,13H,4,12H2,1-3H3,(H,22,24). The van der Waals surface area contributed by atoms with Crippen LogP contribution in [-0.4, -0.2) is 25.1 Å². The molecule has 1 aromatic heterocycles. The van der Waals surface area contributed by atoms with Crippen LogP contribution in [0.15, 0.2) is 47.8 Å². The molecule has 0 saturated carbocycles. The van der Waals surface area contributed by atoms with E-state index in [1.165, 1.54) is 16.9 Å². The molecule has 0 aliphatic rings. The normalized spacial score (nSPS) is 10.5. The lowest BCUT2D eigenvalue weighted by atomic mass is 10.1. The zero-order valence-electron chi connectivity index (χ0n) is 15.6. The molecule has 1 amide bonds. The fraction of sp³-hybridized carbons (Fsp3) is 0.238. The molecule has 2 aromatic carbocycles. The van der Waals surface area contributed by atoms with E-state index in [0.29, 0.717) is 5.75 Å². The van der Waals surface area contributed by atoms with E-state index in [1.807, 2.05) is 47.8 Å². The third-order valence-corrected chi connectivity index (χ3v) is 5.04. The number of carbonyl (C=O) groups excluding carboxylic acids is 1. The summed E-state index contributed by atoms with van der Waals surface area (Å²) in [5.74, 6) is 1.36. The summed E-state index contributed by atoms with van der Waals surface area (Å²) in [6.45, 7) is 2.10. The second-order valence-corrected chi connectivity index (χ2v) is 6.91. The first-order valence-corrected chi connectivity index (χ1v) is 9.56. The predicted molar refractivity (Wildman–Crippen MR) is 109 cm³/mol. The highest BCUT2D eigenvalue weighted by Crippen LogP contribution is 2.34. The minimum Gasteiger partial charge on any atom is -0.497 e. The van der Waals surface area contributed by atoms with Crippen LogP contribution in [0.4, 0.5) is 5.69 Å². The number of aromatic nitrogens is 1. The molecule has 0 bridgehead atoms. The summed E-state index contributed by atoms with van der Waals surface area (Å²) in [6.07, 6.45) is 1.20. The van der Waals surface area contributed by atoms with E-state index in [9.17, 15) is 4.79 Å². The number of hydrogen-bond acceptors (Lipinski definition) is 5. The third kappa shape index (κ3) is 4.65. The van der Waals surface area contributed by atoms with Gasteiger partial charge in [-0.2, -0.15) is 0 Å². The van der Waals surface area contributed by atoms with Crippen molar-refractivity contribution in [1.82, 2.24) is 4.98 Å². The number of aryl methyl sites for hydroxylation is 1. The molecule has 27 heavy (non-hydrogen) atoms. The van der Waals surface area contributed by atoms with Crippen LogP contribution in [0.5, 0.6) is 11.5 Å². The van der Waals surface area contributed by atoms with Gasteiger partial charge in [0.05, 0.1) is 26.3 Å². The van der Waals surface area contributed by atoms with Gasteiger partial charge in [-0.1, -0.05) is 19.1 Å². The van der Waals surface area contributed by atoms with Crippen molar-refractivity contribution in [1.29, 1.82) is 0 Å². The first-order chi connectivity index (χ1) is 13.1. The molecule has 3 rings (SSSR count). The highest BCUT2D eigenvalue weighted by atomic mass is 32.1.